The highest BCUT2D eigenvalue weighted by Gasteiger charge is 2.28. The van der Waals surface area contributed by atoms with Gasteiger partial charge in [0, 0.05) is 24.3 Å². The molecule has 1 atom stereocenters. The van der Waals surface area contributed by atoms with Crippen LogP contribution in [0.15, 0.2) is 53.1 Å². The quantitative estimate of drug-likeness (QED) is 0.709. The van der Waals surface area contributed by atoms with Crippen LogP contribution in [0.4, 0.5) is 10.5 Å². The summed E-state index contributed by atoms with van der Waals surface area (Å²) in [5.41, 5.74) is 2.79. The van der Waals surface area contributed by atoms with E-state index in [4.69, 9.17) is 9.26 Å². The molecule has 1 fully saturated rings. The largest absolute Gasteiger partial charge is 0.497 e. The van der Waals surface area contributed by atoms with E-state index < -0.39 is 0 Å². The van der Waals surface area contributed by atoms with Crippen LogP contribution in [0, 0.1) is 6.92 Å². The Hall–Kier alpha value is -3.35. The van der Waals surface area contributed by atoms with Gasteiger partial charge in [-0.3, -0.25) is 0 Å². The Morgan fingerprint density at radius 1 is 1.24 bits per heavy atom. The first-order chi connectivity index (χ1) is 14.1. The Morgan fingerprint density at radius 3 is 2.86 bits per heavy atom. The molecule has 2 amide bonds. The highest BCUT2D eigenvalue weighted by molar-refractivity contribution is 5.89. The number of carbonyl (C=O) groups is 1. The van der Waals surface area contributed by atoms with E-state index in [-0.39, 0.29) is 11.9 Å². The molecule has 0 bridgehead atoms. The molecule has 1 aromatic heterocycles. The molecule has 2 heterocycles. The zero-order valence-electron chi connectivity index (χ0n) is 16.6. The van der Waals surface area contributed by atoms with E-state index in [9.17, 15) is 4.79 Å². The maximum absolute atomic E-state index is 12.7. The van der Waals surface area contributed by atoms with Crippen molar-refractivity contribution in [3.8, 4) is 17.1 Å². The molecule has 1 saturated heterocycles. The molecule has 7 nitrogen and oxygen atoms in total. The first kappa shape index (κ1) is 19.0. The van der Waals surface area contributed by atoms with Crippen molar-refractivity contribution in [2.24, 2.45) is 0 Å². The number of amides is 2. The van der Waals surface area contributed by atoms with Crippen molar-refractivity contribution in [2.75, 3.05) is 25.5 Å². The lowest BCUT2D eigenvalue weighted by Gasteiger charge is -2.31. The average Bonchev–Trinajstić information content (AvgIpc) is 3.26. The number of likely N-dealkylation sites (tertiary alicyclic amines) is 1. The highest BCUT2D eigenvalue weighted by Crippen LogP contribution is 2.29. The molecule has 2 aromatic carbocycles. The molecular formula is C22H24N4O3. The van der Waals surface area contributed by atoms with E-state index in [0.717, 1.165) is 35.4 Å². The molecule has 0 radical (unpaired) electrons. The Balaban J connectivity index is 1.43. The van der Waals surface area contributed by atoms with Crippen molar-refractivity contribution in [2.45, 2.75) is 25.7 Å². The summed E-state index contributed by atoms with van der Waals surface area (Å²) in [6, 6.07) is 15.2. The Kier molecular flexibility index (Phi) is 5.46. The zero-order valence-corrected chi connectivity index (χ0v) is 16.6. The summed E-state index contributed by atoms with van der Waals surface area (Å²) in [5.74, 6) is 1.86. The van der Waals surface area contributed by atoms with Crippen LogP contribution >= 0.6 is 0 Å². The van der Waals surface area contributed by atoms with Crippen LogP contribution in [0.25, 0.3) is 11.4 Å². The second kappa shape index (κ2) is 8.34. The number of anilines is 1. The minimum absolute atomic E-state index is 0.0272. The van der Waals surface area contributed by atoms with E-state index >= 15 is 0 Å². The van der Waals surface area contributed by atoms with Crippen molar-refractivity contribution in [1.29, 1.82) is 0 Å². The van der Waals surface area contributed by atoms with Crippen molar-refractivity contribution in [3.63, 3.8) is 0 Å². The molecule has 7 heteroatoms. The molecule has 0 spiro atoms. The number of nitrogens with one attached hydrogen (secondary N) is 1. The van der Waals surface area contributed by atoms with Crippen LogP contribution in [0.5, 0.6) is 5.75 Å². The number of nitrogens with zero attached hydrogens (tertiary/aromatic N) is 3. The van der Waals surface area contributed by atoms with E-state index in [0.29, 0.717) is 24.8 Å². The van der Waals surface area contributed by atoms with Gasteiger partial charge in [0.05, 0.1) is 13.0 Å². The summed E-state index contributed by atoms with van der Waals surface area (Å²) in [6.07, 6.45) is 1.80. The van der Waals surface area contributed by atoms with Gasteiger partial charge < -0.3 is 19.5 Å². The Morgan fingerprint density at radius 2 is 2.07 bits per heavy atom. The van der Waals surface area contributed by atoms with Gasteiger partial charge in [-0.2, -0.15) is 4.98 Å². The fourth-order valence-corrected chi connectivity index (χ4v) is 3.48. The maximum Gasteiger partial charge on any atom is 0.321 e. The van der Waals surface area contributed by atoms with Gasteiger partial charge in [0.25, 0.3) is 0 Å². The number of aromatic nitrogens is 2. The number of carbonyl (C=O) groups excluding carboxylic acids is 1. The summed E-state index contributed by atoms with van der Waals surface area (Å²) in [4.78, 5) is 19.0. The van der Waals surface area contributed by atoms with E-state index in [1.165, 1.54) is 0 Å². The molecule has 1 N–H and O–H groups in total. The summed E-state index contributed by atoms with van der Waals surface area (Å²) >= 11 is 0. The van der Waals surface area contributed by atoms with E-state index in [1.54, 1.807) is 7.11 Å². The third kappa shape index (κ3) is 4.39. The smallest absolute Gasteiger partial charge is 0.321 e. The van der Waals surface area contributed by atoms with Gasteiger partial charge in [0.1, 0.15) is 5.75 Å². The maximum atomic E-state index is 12.7. The fourth-order valence-electron chi connectivity index (χ4n) is 3.48. The van der Waals surface area contributed by atoms with Crippen molar-refractivity contribution >= 4 is 11.7 Å². The first-order valence-electron chi connectivity index (χ1n) is 9.73. The average molecular weight is 392 g/mol. The SMILES string of the molecule is COc1cccc(-c2noc(C3CCCN(C(=O)Nc4ccc(C)cc4)C3)n2)c1. The number of rotatable bonds is 4. The second-order valence-corrected chi connectivity index (χ2v) is 7.27. The summed E-state index contributed by atoms with van der Waals surface area (Å²) in [6.45, 7) is 3.29. The second-order valence-electron chi connectivity index (χ2n) is 7.27. The third-order valence-electron chi connectivity index (χ3n) is 5.13. The molecule has 1 unspecified atom stereocenters. The van der Waals surface area contributed by atoms with Gasteiger partial charge in [0.15, 0.2) is 0 Å². The van der Waals surface area contributed by atoms with Gasteiger partial charge in [-0.15, -0.1) is 0 Å². The lowest BCUT2D eigenvalue weighted by atomic mass is 9.98. The number of piperidine rings is 1. The number of hydrogen-bond acceptors (Lipinski definition) is 5. The topological polar surface area (TPSA) is 80.5 Å². The molecule has 1 aliphatic rings. The number of methoxy groups -OCH3 is 1. The van der Waals surface area contributed by atoms with Gasteiger partial charge >= 0.3 is 6.03 Å². The molecular weight excluding hydrogens is 368 g/mol. The number of aryl methyl sites for hydroxylation is 1. The van der Waals surface area contributed by atoms with Crippen LogP contribution in [-0.4, -0.2) is 41.3 Å². The number of hydrogen-bond donors (Lipinski definition) is 1. The minimum Gasteiger partial charge on any atom is -0.497 e. The van der Waals surface area contributed by atoms with Gasteiger partial charge in [-0.1, -0.05) is 35.0 Å². The van der Waals surface area contributed by atoms with E-state index in [2.05, 4.69) is 15.5 Å². The molecule has 0 saturated carbocycles. The van der Waals surface area contributed by atoms with Crippen LogP contribution in [-0.2, 0) is 0 Å². The predicted molar refractivity (Wildman–Crippen MR) is 110 cm³/mol. The summed E-state index contributed by atoms with van der Waals surface area (Å²) in [7, 11) is 1.62. The van der Waals surface area contributed by atoms with Crippen LogP contribution < -0.4 is 10.1 Å². The van der Waals surface area contributed by atoms with Crippen LogP contribution in [0.1, 0.15) is 30.2 Å². The van der Waals surface area contributed by atoms with Crippen LogP contribution in [0.2, 0.25) is 0 Å². The normalized spacial score (nSPS) is 16.5. The third-order valence-corrected chi connectivity index (χ3v) is 5.13. The Labute approximate surface area is 169 Å². The lowest BCUT2D eigenvalue weighted by Crippen LogP contribution is -2.41. The van der Waals surface area contributed by atoms with Crippen molar-refractivity contribution < 1.29 is 14.1 Å². The van der Waals surface area contributed by atoms with Gasteiger partial charge in [-0.25, -0.2) is 4.79 Å². The predicted octanol–water partition coefficient (Wildman–Crippen LogP) is 4.47. The van der Waals surface area contributed by atoms with Crippen molar-refractivity contribution in [3.05, 3.63) is 60.0 Å². The minimum atomic E-state index is -0.105. The molecule has 150 valence electrons. The first-order valence-corrected chi connectivity index (χ1v) is 9.73. The summed E-state index contributed by atoms with van der Waals surface area (Å²) in [5, 5.41) is 7.08. The Bertz CT molecular complexity index is 984. The summed E-state index contributed by atoms with van der Waals surface area (Å²) < 4.78 is 10.8. The monoisotopic (exact) mass is 392 g/mol. The highest BCUT2D eigenvalue weighted by atomic mass is 16.5. The van der Waals surface area contributed by atoms with Gasteiger partial charge in [0.2, 0.25) is 11.7 Å². The van der Waals surface area contributed by atoms with Crippen LogP contribution in [0.3, 0.4) is 0 Å². The lowest BCUT2D eigenvalue weighted by molar-refractivity contribution is 0.184. The molecule has 3 aromatic rings. The molecule has 4 rings (SSSR count). The zero-order chi connectivity index (χ0) is 20.2. The number of benzene rings is 2. The van der Waals surface area contributed by atoms with Gasteiger partial charge in [-0.05, 0) is 44.0 Å². The molecule has 0 aliphatic carbocycles. The fraction of sp³-hybridized carbons (Fsp3) is 0.318. The van der Waals surface area contributed by atoms with Crippen molar-refractivity contribution in [1.82, 2.24) is 15.0 Å². The standard InChI is InChI=1S/C22H24N4O3/c1-15-8-10-18(11-9-15)23-22(27)26-12-4-6-17(14-26)21-24-20(25-29-21)16-5-3-7-19(13-16)28-2/h3,5,7-11,13,17H,4,6,12,14H2,1-2H3,(H,23,27). The number of urea groups is 1. The molecule has 1 aliphatic heterocycles. The molecule has 29 heavy (non-hydrogen) atoms. The number of ether oxygens (including phenoxy) is 1. The van der Waals surface area contributed by atoms with E-state index in [1.807, 2.05) is 60.4 Å².